The zero-order valence-electron chi connectivity index (χ0n) is 13.7. The molecule has 0 fully saturated rings. The number of nitrogens with one attached hydrogen (secondary N) is 1. The van der Waals surface area contributed by atoms with E-state index in [1.54, 1.807) is 24.6 Å². The van der Waals surface area contributed by atoms with Crippen LogP contribution in [0.1, 0.15) is 16.1 Å². The van der Waals surface area contributed by atoms with Crippen LogP contribution in [0.4, 0.5) is 4.39 Å². The van der Waals surface area contributed by atoms with Crippen molar-refractivity contribution in [2.75, 3.05) is 13.7 Å². The molecule has 3 aromatic rings. The number of ether oxygens (including phenoxy) is 1. The Bertz CT molecular complexity index is 845. The Labute approximate surface area is 149 Å². The molecule has 0 radical (unpaired) electrons. The molecular weight excluding hydrogens is 339 g/mol. The van der Waals surface area contributed by atoms with E-state index in [0.717, 1.165) is 23.3 Å². The molecule has 1 amide bonds. The summed E-state index contributed by atoms with van der Waals surface area (Å²) in [5, 5.41) is 5.27. The van der Waals surface area contributed by atoms with E-state index < -0.39 is 0 Å². The van der Waals surface area contributed by atoms with Gasteiger partial charge in [0.2, 0.25) is 0 Å². The zero-order valence-corrected chi connectivity index (χ0v) is 14.5. The summed E-state index contributed by atoms with van der Waals surface area (Å²) in [7, 11) is 1.63. The number of benzene rings is 2. The molecule has 0 saturated heterocycles. The molecule has 6 heteroatoms. The number of methoxy groups -OCH3 is 1. The van der Waals surface area contributed by atoms with E-state index in [9.17, 15) is 9.18 Å². The Hall–Kier alpha value is -2.73. The van der Waals surface area contributed by atoms with Gasteiger partial charge in [0.05, 0.1) is 7.11 Å². The number of aromatic nitrogens is 1. The fourth-order valence-electron chi connectivity index (χ4n) is 2.31. The Morgan fingerprint density at radius 1 is 1.16 bits per heavy atom. The SMILES string of the molecule is COc1ccc(CCNC(=O)c2csc(-c3ccc(F)cc3)n2)cc1. The summed E-state index contributed by atoms with van der Waals surface area (Å²) in [4.78, 5) is 16.5. The molecular formula is C19H17FN2O2S. The average molecular weight is 356 g/mol. The Morgan fingerprint density at radius 2 is 1.88 bits per heavy atom. The highest BCUT2D eigenvalue weighted by atomic mass is 32.1. The lowest BCUT2D eigenvalue weighted by Gasteiger charge is -2.05. The monoisotopic (exact) mass is 356 g/mol. The Morgan fingerprint density at radius 3 is 2.56 bits per heavy atom. The summed E-state index contributed by atoms with van der Waals surface area (Å²) < 4.78 is 18.1. The molecule has 0 aliphatic rings. The van der Waals surface area contributed by atoms with Gasteiger partial charge < -0.3 is 10.1 Å². The molecule has 0 aliphatic carbocycles. The van der Waals surface area contributed by atoms with Crippen molar-refractivity contribution in [3.8, 4) is 16.3 Å². The third-order valence-corrected chi connectivity index (χ3v) is 4.58. The van der Waals surface area contributed by atoms with Gasteiger partial charge in [0.15, 0.2) is 0 Å². The van der Waals surface area contributed by atoms with Gasteiger partial charge in [-0.3, -0.25) is 4.79 Å². The second-order valence-corrected chi connectivity index (χ2v) is 6.26. The maximum Gasteiger partial charge on any atom is 0.270 e. The van der Waals surface area contributed by atoms with E-state index in [0.29, 0.717) is 17.2 Å². The van der Waals surface area contributed by atoms with Gasteiger partial charge in [-0.05, 0) is 48.4 Å². The Kier molecular flexibility index (Phi) is 5.40. The van der Waals surface area contributed by atoms with E-state index in [1.807, 2.05) is 24.3 Å². The first-order chi connectivity index (χ1) is 12.2. The summed E-state index contributed by atoms with van der Waals surface area (Å²) in [5.41, 5.74) is 2.29. The molecule has 0 atom stereocenters. The van der Waals surface area contributed by atoms with Crippen LogP contribution in [0.15, 0.2) is 53.9 Å². The maximum atomic E-state index is 13.0. The van der Waals surface area contributed by atoms with E-state index in [1.165, 1.54) is 23.5 Å². The highest BCUT2D eigenvalue weighted by Gasteiger charge is 2.11. The quantitative estimate of drug-likeness (QED) is 0.728. The number of rotatable bonds is 6. The maximum absolute atomic E-state index is 13.0. The van der Waals surface area contributed by atoms with Crippen molar-refractivity contribution in [2.24, 2.45) is 0 Å². The third kappa shape index (κ3) is 4.42. The summed E-state index contributed by atoms with van der Waals surface area (Å²) in [5.74, 6) is 0.304. The second-order valence-electron chi connectivity index (χ2n) is 5.40. The van der Waals surface area contributed by atoms with Crippen LogP contribution in [0.3, 0.4) is 0 Å². The van der Waals surface area contributed by atoms with Gasteiger partial charge in [0, 0.05) is 17.5 Å². The van der Waals surface area contributed by atoms with Crippen molar-refractivity contribution in [2.45, 2.75) is 6.42 Å². The first kappa shape index (κ1) is 17.1. The minimum atomic E-state index is -0.295. The molecule has 0 saturated carbocycles. The summed E-state index contributed by atoms with van der Waals surface area (Å²) >= 11 is 1.36. The van der Waals surface area contributed by atoms with Crippen molar-refractivity contribution in [1.29, 1.82) is 0 Å². The van der Waals surface area contributed by atoms with Gasteiger partial charge in [-0.25, -0.2) is 9.37 Å². The molecule has 4 nitrogen and oxygen atoms in total. The molecule has 128 valence electrons. The van der Waals surface area contributed by atoms with Crippen LogP contribution in [0.2, 0.25) is 0 Å². The van der Waals surface area contributed by atoms with Crippen LogP contribution < -0.4 is 10.1 Å². The van der Waals surface area contributed by atoms with Crippen molar-refractivity contribution in [3.05, 3.63) is 71.0 Å². The van der Waals surface area contributed by atoms with Crippen LogP contribution in [0, 0.1) is 5.82 Å². The normalized spacial score (nSPS) is 10.5. The van der Waals surface area contributed by atoms with E-state index in [2.05, 4.69) is 10.3 Å². The molecule has 0 spiro atoms. The van der Waals surface area contributed by atoms with Crippen molar-refractivity contribution >= 4 is 17.2 Å². The first-order valence-electron chi connectivity index (χ1n) is 7.78. The lowest BCUT2D eigenvalue weighted by atomic mass is 10.1. The van der Waals surface area contributed by atoms with Crippen LogP contribution >= 0.6 is 11.3 Å². The number of amides is 1. The van der Waals surface area contributed by atoms with Crippen LogP contribution in [0.5, 0.6) is 5.75 Å². The second kappa shape index (κ2) is 7.90. The molecule has 0 aliphatic heterocycles. The third-order valence-electron chi connectivity index (χ3n) is 3.69. The van der Waals surface area contributed by atoms with Gasteiger partial charge in [0.1, 0.15) is 22.3 Å². The topological polar surface area (TPSA) is 51.2 Å². The molecule has 1 N–H and O–H groups in total. The first-order valence-corrected chi connectivity index (χ1v) is 8.66. The number of hydrogen-bond acceptors (Lipinski definition) is 4. The highest BCUT2D eigenvalue weighted by Crippen LogP contribution is 2.23. The van der Waals surface area contributed by atoms with Crippen LogP contribution in [-0.2, 0) is 6.42 Å². The predicted octanol–water partition coefficient (Wildman–Crippen LogP) is 3.93. The van der Waals surface area contributed by atoms with Gasteiger partial charge >= 0.3 is 0 Å². The molecule has 1 aromatic heterocycles. The van der Waals surface area contributed by atoms with E-state index >= 15 is 0 Å². The molecule has 1 heterocycles. The smallest absolute Gasteiger partial charge is 0.270 e. The molecule has 0 unspecified atom stereocenters. The summed E-state index contributed by atoms with van der Waals surface area (Å²) in [6.07, 6.45) is 0.727. The van der Waals surface area contributed by atoms with E-state index in [4.69, 9.17) is 4.74 Å². The number of nitrogens with zero attached hydrogens (tertiary/aromatic N) is 1. The fourth-order valence-corrected chi connectivity index (χ4v) is 3.11. The van der Waals surface area contributed by atoms with Crippen molar-refractivity contribution in [3.63, 3.8) is 0 Å². The van der Waals surface area contributed by atoms with Gasteiger partial charge in [-0.15, -0.1) is 11.3 Å². The molecule has 3 rings (SSSR count). The number of carbonyl (C=O) groups is 1. The van der Waals surface area contributed by atoms with Crippen LogP contribution in [0.25, 0.3) is 10.6 Å². The van der Waals surface area contributed by atoms with Gasteiger partial charge in [-0.2, -0.15) is 0 Å². The zero-order chi connectivity index (χ0) is 17.6. The minimum absolute atomic E-state index is 0.210. The lowest BCUT2D eigenvalue weighted by Crippen LogP contribution is -2.25. The predicted molar refractivity (Wildman–Crippen MR) is 96.5 cm³/mol. The standard InChI is InChI=1S/C19H17FN2O2S/c1-24-16-8-2-13(3-9-16)10-11-21-18(23)17-12-25-19(22-17)14-4-6-15(20)7-5-14/h2-9,12H,10-11H2,1H3,(H,21,23). The van der Waals surface area contributed by atoms with Gasteiger partial charge in [-0.1, -0.05) is 12.1 Å². The number of halogens is 1. The number of thiazole rings is 1. The molecule has 25 heavy (non-hydrogen) atoms. The molecule has 0 bridgehead atoms. The molecule has 2 aromatic carbocycles. The van der Waals surface area contributed by atoms with Crippen molar-refractivity contribution in [1.82, 2.24) is 10.3 Å². The fraction of sp³-hybridized carbons (Fsp3) is 0.158. The van der Waals surface area contributed by atoms with Crippen LogP contribution in [-0.4, -0.2) is 24.5 Å². The Balaban J connectivity index is 1.55. The number of carbonyl (C=O) groups excluding carboxylic acids is 1. The van der Waals surface area contributed by atoms with Crippen molar-refractivity contribution < 1.29 is 13.9 Å². The minimum Gasteiger partial charge on any atom is -0.497 e. The summed E-state index contributed by atoms with van der Waals surface area (Å²) in [6, 6.07) is 13.8. The van der Waals surface area contributed by atoms with E-state index in [-0.39, 0.29) is 11.7 Å². The van der Waals surface area contributed by atoms with Gasteiger partial charge in [0.25, 0.3) is 5.91 Å². The highest BCUT2D eigenvalue weighted by molar-refractivity contribution is 7.13. The largest absolute Gasteiger partial charge is 0.497 e. The summed E-state index contributed by atoms with van der Waals surface area (Å²) in [6.45, 7) is 0.522. The lowest BCUT2D eigenvalue weighted by molar-refractivity contribution is 0.0950. The number of hydrogen-bond donors (Lipinski definition) is 1. The average Bonchev–Trinajstić information content (AvgIpc) is 3.13.